The molecule has 2 aromatic rings. The van der Waals surface area contributed by atoms with Gasteiger partial charge in [0.15, 0.2) is 17.4 Å². The number of rotatable bonds is 3. The minimum absolute atomic E-state index is 0.137. The molecule has 2 aliphatic rings. The molecule has 0 radical (unpaired) electrons. The van der Waals surface area contributed by atoms with Crippen molar-refractivity contribution in [1.29, 1.82) is 0 Å². The van der Waals surface area contributed by atoms with Gasteiger partial charge in [-0.1, -0.05) is 24.3 Å². The zero-order valence-corrected chi connectivity index (χ0v) is 21.0. The summed E-state index contributed by atoms with van der Waals surface area (Å²) >= 11 is 3.27. The van der Waals surface area contributed by atoms with Crippen LogP contribution in [-0.2, 0) is 11.2 Å². The van der Waals surface area contributed by atoms with Crippen LogP contribution < -0.4 is 16.0 Å². The Morgan fingerprint density at radius 1 is 1.21 bits per heavy atom. The predicted molar refractivity (Wildman–Crippen MR) is 130 cm³/mol. The Morgan fingerprint density at radius 2 is 1.88 bits per heavy atom. The number of amides is 1. The summed E-state index contributed by atoms with van der Waals surface area (Å²) in [5.41, 5.74) is 7.98. The molecule has 1 amide bonds. The van der Waals surface area contributed by atoms with Gasteiger partial charge in [0.1, 0.15) is 15.9 Å². The minimum atomic E-state index is -0.567. The van der Waals surface area contributed by atoms with E-state index in [0.29, 0.717) is 29.2 Å². The van der Waals surface area contributed by atoms with E-state index >= 15 is 0 Å². The number of fused-ring (bicyclic) bond motifs is 1. The Hall–Kier alpha value is -2.68. The van der Waals surface area contributed by atoms with Crippen LogP contribution in [0, 0.1) is 5.41 Å². The molecule has 4 rings (SSSR count). The van der Waals surface area contributed by atoms with Crippen LogP contribution in [0.15, 0.2) is 28.9 Å². The van der Waals surface area contributed by atoms with E-state index in [1.807, 2.05) is 32.9 Å². The van der Waals surface area contributed by atoms with Crippen molar-refractivity contribution >= 4 is 39.4 Å². The minimum Gasteiger partial charge on any atom is -0.444 e. The van der Waals surface area contributed by atoms with Crippen LogP contribution in [0.5, 0.6) is 0 Å². The summed E-state index contributed by atoms with van der Waals surface area (Å²) in [7, 11) is 0. The van der Waals surface area contributed by atoms with Crippen molar-refractivity contribution in [2.75, 3.05) is 23.7 Å². The molecule has 9 heteroatoms. The van der Waals surface area contributed by atoms with Gasteiger partial charge >= 0.3 is 6.09 Å². The molecule has 1 aromatic heterocycles. The van der Waals surface area contributed by atoms with Crippen LogP contribution in [0.4, 0.5) is 16.4 Å². The number of Topliss-reactive ketones (excluding diaryl/α,β-unsaturated/α-hetero) is 1. The van der Waals surface area contributed by atoms with Crippen LogP contribution in [0.25, 0.3) is 0 Å². The smallest absolute Gasteiger partial charge is 0.408 e. The highest BCUT2D eigenvalue weighted by atomic mass is 79.9. The van der Waals surface area contributed by atoms with Gasteiger partial charge in [-0.25, -0.2) is 14.8 Å². The molecule has 3 N–H and O–H groups in total. The molecule has 1 atom stereocenters. The molecule has 1 aromatic carbocycles. The largest absolute Gasteiger partial charge is 0.444 e. The van der Waals surface area contributed by atoms with E-state index in [1.54, 1.807) is 0 Å². The molecule has 0 bridgehead atoms. The number of nitrogen functional groups attached to an aromatic ring is 1. The number of aromatic nitrogens is 2. The third kappa shape index (κ3) is 4.69. The van der Waals surface area contributed by atoms with Crippen LogP contribution in [-0.4, -0.2) is 40.5 Å². The first-order chi connectivity index (χ1) is 15.5. The fourth-order valence-corrected chi connectivity index (χ4v) is 5.21. The lowest BCUT2D eigenvalue weighted by molar-refractivity contribution is 0.0427. The van der Waals surface area contributed by atoms with Crippen molar-refractivity contribution in [2.45, 2.75) is 58.6 Å². The van der Waals surface area contributed by atoms with Crippen LogP contribution in [0.2, 0.25) is 0 Å². The van der Waals surface area contributed by atoms with Gasteiger partial charge in [-0.3, -0.25) is 4.79 Å². The second-order valence-electron chi connectivity index (χ2n) is 9.93. The number of hydrogen-bond acceptors (Lipinski definition) is 7. The lowest BCUT2D eigenvalue weighted by atomic mass is 9.72. The molecule has 0 saturated carbocycles. The number of carbonyl (C=O) groups is 2. The number of nitrogens with one attached hydrogen (secondary N) is 1. The van der Waals surface area contributed by atoms with Gasteiger partial charge in [0.25, 0.3) is 0 Å². The molecule has 2 heterocycles. The highest BCUT2D eigenvalue weighted by Gasteiger charge is 2.49. The van der Waals surface area contributed by atoms with Gasteiger partial charge in [-0.2, -0.15) is 0 Å². The highest BCUT2D eigenvalue weighted by Crippen LogP contribution is 2.52. The number of nitrogens with two attached hydrogens (primary N) is 1. The predicted octanol–water partition coefficient (Wildman–Crippen LogP) is 4.43. The molecule has 33 heavy (non-hydrogen) atoms. The third-order valence-electron chi connectivity index (χ3n) is 6.43. The van der Waals surface area contributed by atoms with E-state index in [9.17, 15) is 9.59 Å². The summed E-state index contributed by atoms with van der Waals surface area (Å²) in [6.45, 7) is 8.42. The quantitative estimate of drug-likeness (QED) is 0.581. The zero-order valence-electron chi connectivity index (χ0n) is 19.4. The lowest BCUT2D eigenvalue weighted by Crippen LogP contribution is -2.48. The average Bonchev–Trinajstić information content (AvgIpc) is 3.01. The Bertz CT molecular complexity index is 1090. The van der Waals surface area contributed by atoms with Crippen molar-refractivity contribution in [3.05, 3.63) is 45.7 Å². The van der Waals surface area contributed by atoms with E-state index in [0.717, 1.165) is 24.8 Å². The van der Waals surface area contributed by atoms with Crippen molar-refractivity contribution in [2.24, 2.45) is 5.41 Å². The fraction of sp³-hybridized carbons (Fsp3) is 0.500. The number of carbonyl (C=O) groups excluding carboxylic acids is 2. The molecule has 1 aliphatic heterocycles. The number of benzene rings is 1. The second-order valence-corrected chi connectivity index (χ2v) is 10.7. The molecule has 1 saturated heterocycles. The van der Waals surface area contributed by atoms with Gasteiger partial charge in [-0.05, 0) is 67.1 Å². The van der Waals surface area contributed by atoms with Crippen molar-refractivity contribution in [3.63, 3.8) is 0 Å². The van der Waals surface area contributed by atoms with Gasteiger partial charge in [0.05, 0.1) is 6.04 Å². The van der Waals surface area contributed by atoms with Crippen molar-refractivity contribution in [3.8, 4) is 0 Å². The van der Waals surface area contributed by atoms with Gasteiger partial charge in [0, 0.05) is 25.4 Å². The molecule has 1 aliphatic carbocycles. The Labute approximate surface area is 202 Å². The number of halogens is 1. The van der Waals surface area contributed by atoms with Crippen LogP contribution in [0.3, 0.4) is 0 Å². The first-order valence-corrected chi connectivity index (χ1v) is 11.9. The summed E-state index contributed by atoms with van der Waals surface area (Å²) in [4.78, 5) is 35.8. The van der Waals surface area contributed by atoms with Crippen molar-refractivity contribution in [1.82, 2.24) is 15.3 Å². The Kier molecular flexibility index (Phi) is 6.11. The van der Waals surface area contributed by atoms with Crippen molar-refractivity contribution < 1.29 is 14.3 Å². The lowest BCUT2D eigenvalue weighted by Gasteiger charge is -2.44. The topological polar surface area (TPSA) is 110 Å². The van der Waals surface area contributed by atoms with E-state index in [4.69, 9.17) is 10.5 Å². The summed E-state index contributed by atoms with van der Waals surface area (Å²) in [6, 6.07) is 8.13. The fourth-order valence-electron chi connectivity index (χ4n) is 4.95. The number of ketones is 1. The average molecular weight is 516 g/mol. The second kappa shape index (κ2) is 8.59. The Morgan fingerprint density at radius 3 is 2.52 bits per heavy atom. The first kappa shape index (κ1) is 23.5. The maximum absolute atomic E-state index is 12.7. The number of anilines is 2. The van der Waals surface area contributed by atoms with E-state index in [1.165, 1.54) is 12.5 Å². The number of nitrogens with zero attached hydrogens (tertiary/aromatic N) is 3. The number of alkyl carbamates (subject to hydrolysis) is 1. The van der Waals surface area contributed by atoms with Crippen LogP contribution >= 0.6 is 15.9 Å². The summed E-state index contributed by atoms with van der Waals surface area (Å²) in [5, 5.41) is 3.16. The van der Waals surface area contributed by atoms with Gasteiger partial charge in [-0.15, -0.1) is 0 Å². The van der Waals surface area contributed by atoms with Crippen LogP contribution in [0.1, 0.15) is 68.2 Å². The highest BCUT2D eigenvalue weighted by molar-refractivity contribution is 9.10. The van der Waals surface area contributed by atoms with Gasteiger partial charge < -0.3 is 20.7 Å². The molecular formula is C24H30BrN5O3. The normalized spacial score (nSPS) is 19.3. The molecule has 1 spiro atoms. The van der Waals surface area contributed by atoms with Gasteiger partial charge in [0.2, 0.25) is 0 Å². The summed E-state index contributed by atoms with van der Waals surface area (Å²) in [6.07, 6.45) is 2.11. The molecular weight excluding hydrogens is 486 g/mol. The standard InChI is InChI=1S/C24H30BrN5O3/c1-14(31)17-21(29-20(26)19(25)27-17)30-11-9-24(10-12-30)13-15-7-5-6-8-16(15)18(24)28-22(32)33-23(2,3)4/h5-8,18H,9-13H2,1-4H3,(H2,26,29)(H,28,32)/t18-/m1/s1. The number of piperidine rings is 1. The van der Waals surface area contributed by atoms with E-state index in [-0.39, 0.29) is 23.1 Å². The maximum atomic E-state index is 12.7. The maximum Gasteiger partial charge on any atom is 0.408 e. The SMILES string of the molecule is CC(=O)c1nc(Br)c(N)nc1N1CCC2(CC1)Cc1ccccc1[C@H]2NC(=O)OC(C)(C)C. The summed E-state index contributed by atoms with van der Waals surface area (Å²) in [5.74, 6) is 0.620. The van der Waals surface area contributed by atoms with E-state index in [2.05, 4.69) is 48.2 Å². The monoisotopic (exact) mass is 515 g/mol. The Balaban J connectivity index is 1.59. The number of ether oxygens (including phenoxy) is 1. The molecule has 0 unspecified atom stereocenters. The zero-order chi connectivity index (χ0) is 24.0. The molecule has 1 fully saturated rings. The number of hydrogen-bond donors (Lipinski definition) is 2. The van der Waals surface area contributed by atoms with E-state index < -0.39 is 11.7 Å². The third-order valence-corrected chi connectivity index (χ3v) is 7.02. The summed E-state index contributed by atoms with van der Waals surface area (Å²) < 4.78 is 5.94. The molecule has 176 valence electrons. The molecule has 8 nitrogen and oxygen atoms in total. The first-order valence-electron chi connectivity index (χ1n) is 11.2.